The Morgan fingerprint density at radius 3 is 2.50 bits per heavy atom. The van der Waals surface area contributed by atoms with Crippen LogP contribution in [-0.2, 0) is 4.79 Å². The van der Waals surface area contributed by atoms with E-state index in [1.807, 2.05) is 38.1 Å². The molecular formula is C16H17N3O2S. The van der Waals surface area contributed by atoms with E-state index < -0.39 is 11.9 Å². The van der Waals surface area contributed by atoms with Gasteiger partial charge in [0.1, 0.15) is 10.9 Å². The molecule has 1 atom stereocenters. The lowest BCUT2D eigenvalue weighted by atomic mass is 10.0. The Morgan fingerprint density at radius 1 is 1.27 bits per heavy atom. The fourth-order valence-electron chi connectivity index (χ4n) is 2.54. The molecule has 0 saturated carbocycles. The van der Waals surface area contributed by atoms with E-state index in [1.165, 1.54) is 16.2 Å². The topological polar surface area (TPSA) is 76.3 Å². The molecule has 0 spiro atoms. The van der Waals surface area contributed by atoms with Gasteiger partial charge in [-0.2, -0.15) is 0 Å². The Labute approximate surface area is 132 Å². The minimum Gasteiger partial charge on any atom is -0.368 e. The van der Waals surface area contributed by atoms with E-state index in [0.29, 0.717) is 23.5 Å². The third-order valence-electron chi connectivity index (χ3n) is 3.86. The molecule has 2 N–H and O–H groups in total. The molecule has 1 aliphatic heterocycles. The lowest BCUT2D eigenvalue weighted by Crippen LogP contribution is -2.57. The number of benzene rings is 1. The fourth-order valence-corrected chi connectivity index (χ4v) is 3.43. The van der Waals surface area contributed by atoms with Gasteiger partial charge in [0.15, 0.2) is 0 Å². The summed E-state index contributed by atoms with van der Waals surface area (Å²) in [4.78, 5) is 30.7. The summed E-state index contributed by atoms with van der Waals surface area (Å²) >= 11 is 1.36. The number of aromatic nitrogens is 1. The predicted molar refractivity (Wildman–Crippen MR) is 85.7 cm³/mol. The highest BCUT2D eigenvalue weighted by atomic mass is 32.1. The Bertz CT molecular complexity index is 736. The first-order chi connectivity index (χ1) is 10.5. The Kier molecular flexibility index (Phi) is 3.70. The average molecular weight is 315 g/mol. The van der Waals surface area contributed by atoms with Gasteiger partial charge < -0.3 is 10.6 Å². The van der Waals surface area contributed by atoms with Crippen LogP contribution in [0.3, 0.4) is 0 Å². The molecule has 3 rings (SSSR count). The summed E-state index contributed by atoms with van der Waals surface area (Å²) in [6, 6.07) is 7.42. The highest BCUT2D eigenvalue weighted by molar-refractivity contribution is 7.14. The molecule has 2 heterocycles. The van der Waals surface area contributed by atoms with E-state index in [4.69, 9.17) is 5.73 Å². The molecule has 0 bridgehead atoms. The minimum absolute atomic E-state index is 0.156. The largest absolute Gasteiger partial charge is 0.368 e. The molecule has 1 aliphatic rings. The van der Waals surface area contributed by atoms with Gasteiger partial charge >= 0.3 is 0 Å². The summed E-state index contributed by atoms with van der Waals surface area (Å²) in [5.74, 6) is -0.603. The normalized spacial score (nSPS) is 17.2. The summed E-state index contributed by atoms with van der Waals surface area (Å²) < 4.78 is 0. The lowest BCUT2D eigenvalue weighted by molar-refractivity contribution is -0.125. The number of carbonyl (C=O) groups excluding carboxylic acids is 2. The number of carbonyl (C=O) groups is 2. The molecule has 0 aliphatic carbocycles. The van der Waals surface area contributed by atoms with Gasteiger partial charge in [-0.25, -0.2) is 4.98 Å². The number of aryl methyl sites for hydroxylation is 2. The van der Waals surface area contributed by atoms with Crippen LogP contribution < -0.4 is 5.73 Å². The molecule has 2 amide bonds. The zero-order chi connectivity index (χ0) is 15.9. The number of hydrogen-bond acceptors (Lipinski definition) is 4. The van der Waals surface area contributed by atoms with Crippen LogP contribution in [0.1, 0.15) is 26.7 Å². The molecular weight excluding hydrogens is 298 g/mol. The predicted octanol–water partition coefficient (Wildman–Crippen LogP) is 2.13. The Balaban J connectivity index is 1.96. The molecule has 5 nitrogen and oxygen atoms in total. The second kappa shape index (κ2) is 5.53. The van der Waals surface area contributed by atoms with Crippen molar-refractivity contribution in [3.63, 3.8) is 0 Å². The van der Waals surface area contributed by atoms with Gasteiger partial charge in [0.05, 0.1) is 10.7 Å². The quantitative estimate of drug-likeness (QED) is 0.942. The molecule has 0 radical (unpaired) electrons. The third-order valence-corrected chi connectivity index (χ3v) is 4.82. The molecule has 114 valence electrons. The van der Waals surface area contributed by atoms with Crippen molar-refractivity contribution in [3.8, 4) is 11.3 Å². The van der Waals surface area contributed by atoms with Crippen LogP contribution in [-0.4, -0.2) is 34.3 Å². The van der Waals surface area contributed by atoms with Crippen molar-refractivity contribution < 1.29 is 9.59 Å². The summed E-state index contributed by atoms with van der Waals surface area (Å²) in [7, 11) is 0. The number of hydrogen-bond donors (Lipinski definition) is 1. The zero-order valence-corrected chi connectivity index (χ0v) is 13.3. The van der Waals surface area contributed by atoms with Crippen molar-refractivity contribution >= 4 is 23.2 Å². The Morgan fingerprint density at radius 2 is 1.95 bits per heavy atom. The fraction of sp³-hybridized carbons (Fsp3) is 0.312. The first-order valence-electron chi connectivity index (χ1n) is 7.12. The van der Waals surface area contributed by atoms with Crippen LogP contribution in [0.5, 0.6) is 0 Å². The number of rotatable bonds is 3. The second-order valence-electron chi connectivity index (χ2n) is 5.48. The van der Waals surface area contributed by atoms with E-state index in [2.05, 4.69) is 4.98 Å². The molecule has 22 heavy (non-hydrogen) atoms. The van der Waals surface area contributed by atoms with Crippen LogP contribution >= 0.6 is 11.3 Å². The molecule has 1 aromatic carbocycles. The number of thiazole rings is 1. The smallest absolute Gasteiger partial charge is 0.266 e. The van der Waals surface area contributed by atoms with E-state index in [1.54, 1.807) is 0 Å². The lowest BCUT2D eigenvalue weighted by Gasteiger charge is -2.38. The number of nitrogens with two attached hydrogens (primary N) is 1. The summed E-state index contributed by atoms with van der Waals surface area (Å²) in [5.41, 5.74) is 8.08. The first-order valence-corrected chi connectivity index (χ1v) is 7.94. The van der Waals surface area contributed by atoms with Gasteiger partial charge in [-0.1, -0.05) is 29.8 Å². The van der Waals surface area contributed by atoms with Gasteiger partial charge in [-0.05, 0) is 20.3 Å². The number of likely N-dealkylation sites (tertiary alicyclic amines) is 1. The Hall–Kier alpha value is -2.21. The molecule has 1 fully saturated rings. The number of amides is 2. The van der Waals surface area contributed by atoms with Crippen LogP contribution in [0.15, 0.2) is 24.3 Å². The number of primary amides is 1. The second-order valence-corrected chi connectivity index (χ2v) is 6.69. The maximum atomic E-state index is 12.7. The van der Waals surface area contributed by atoms with Gasteiger partial charge in [-0.3, -0.25) is 9.59 Å². The first kappa shape index (κ1) is 14.7. The van der Waals surface area contributed by atoms with E-state index in [-0.39, 0.29) is 5.91 Å². The van der Waals surface area contributed by atoms with Crippen LogP contribution in [0.25, 0.3) is 11.3 Å². The van der Waals surface area contributed by atoms with E-state index >= 15 is 0 Å². The van der Waals surface area contributed by atoms with Crippen molar-refractivity contribution in [2.75, 3.05) is 6.54 Å². The molecule has 6 heteroatoms. The maximum absolute atomic E-state index is 12.7. The average Bonchev–Trinajstić information content (AvgIpc) is 2.79. The third kappa shape index (κ3) is 2.50. The van der Waals surface area contributed by atoms with Crippen LogP contribution in [0.4, 0.5) is 0 Å². The van der Waals surface area contributed by atoms with Gasteiger partial charge in [0.25, 0.3) is 5.91 Å². The molecule has 2 aromatic rings. The summed E-state index contributed by atoms with van der Waals surface area (Å²) in [6.07, 6.45) is 0.638. The summed E-state index contributed by atoms with van der Waals surface area (Å²) in [5, 5.41) is 0.829. The van der Waals surface area contributed by atoms with Gasteiger partial charge in [0.2, 0.25) is 5.91 Å². The van der Waals surface area contributed by atoms with Crippen molar-refractivity contribution in [2.24, 2.45) is 5.73 Å². The highest BCUT2D eigenvalue weighted by Gasteiger charge is 2.38. The van der Waals surface area contributed by atoms with Crippen molar-refractivity contribution in [1.29, 1.82) is 0 Å². The summed E-state index contributed by atoms with van der Waals surface area (Å²) in [6.45, 7) is 4.46. The highest BCUT2D eigenvalue weighted by Crippen LogP contribution is 2.31. The standard InChI is InChI=1S/C16H17N3O2S/c1-9-3-5-11(6-4-9)13-14(22-10(2)18-13)16(21)19-8-7-12(19)15(17)20/h3-6,12H,7-8H2,1-2H3,(H2,17,20). The van der Waals surface area contributed by atoms with Crippen molar-refractivity contribution in [2.45, 2.75) is 26.3 Å². The molecule has 1 unspecified atom stereocenters. The van der Waals surface area contributed by atoms with E-state index in [0.717, 1.165) is 16.1 Å². The van der Waals surface area contributed by atoms with Gasteiger partial charge in [-0.15, -0.1) is 11.3 Å². The van der Waals surface area contributed by atoms with Gasteiger partial charge in [0, 0.05) is 12.1 Å². The zero-order valence-electron chi connectivity index (χ0n) is 12.5. The maximum Gasteiger partial charge on any atom is 0.266 e. The molecule has 1 saturated heterocycles. The van der Waals surface area contributed by atoms with Crippen molar-refractivity contribution in [3.05, 3.63) is 39.7 Å². The van der Waals surface area contributed by atoms with Crippen LogP contribution in [0.2, 0.25) is 0 Å². The van der Waals surface area contributed by atoms with Crippen LogP contribution in [0, 0.1) is 13.8 Å². The monoisotopic (exact) mass is 315 g/mol. The van der Waals surface area contributed by atoms with E-state index in [9.17, 15) is 9.59 Å². The number of nitrogens with zero attached hydrogens (tertiary/aromatic N) is 2. The molecule has 1 aromatic heterocycles. The minimum atomic E-state index is -0.485. The van der Waals surface area contributed by atoms with Crippen molar-refractivity contribution in [1.82, 2.24) is 9.88 Å². The SMILES string of the molecule is Cc1ccc(-c2nc(C)sc2C(=O)N2CCC2C(N)=O)cc1.